The number of hydrogen-bond acceptors (Lipinski definition) is 2. The van der Waals surface area contributed by atoms with Crippen LogP contribution in [0.1, 0.15) is 30.9 Å². The van der Waals surface area contributed by atoms with Gasteiger partial charge >= 0.3 is 0 Å². The Morgan fingerprint density at radius 1 is 1.09 bits per heavy atom. The number of nitrogens with one attached hydrogen (secondary N) is 1. The second kappa shape index (κ2) is 6.92. The Morgan fingerprint density at radius 2 is 1.77 bits per heavy atom. The third-order valence-electron chi connectivity index (χ3n) is 3.42. The second-order valence-electron chi connectivity index (χ2n) is 5.34. The highest BCUT2D eigenvalue weighted by Crippen LogP contribution is 2.21. The molecule has 0 bridgehead atoms. The van der Waals surface area contributed by atoms with Crippen LogP contribution in [0.25, 0.3) is 0 Å². The molecule has 0 atom stereocenters. The standard InChI is InChI=1S/C17H20FNO2S/c1-3-4-5-14-7-9-15(10-8-14)22(20,21)19-17-12-13(2)6-11-16(17)18/h6-12,19H,3-5H2,1-2H3. The summed E-state index contributed by atoms with van der Waals surface area (Å²) in [6.07, 6.45) is 3.09. The molecule has 22 heavy (non-hydrogen) atoms. The average molecular weight is 321 g/mol. The van der Waals surface area contributed by atoms with Crippen molar-refractivity contribution in [2.75, 3.05) is 4.72 Å². The molecule has 0 aliphatic rings. The van der Waals surface area contributed by atoms with Crippen molar-refractivity contribution < 1.29 is 12.8 Å². The first-order chi connectivity index (χ1) is 10.4. The van der Waals surface area contributed by atoms with Crippen molar-refractivity contribution in [2.45, 2.75) is 38.0 Å². The van der Waals surface area contributed by atoms with E-state index in [0.717, 1.165) is 30.4 Å². The van der Waals surface area contributed by atoms with E-state index in [1.807, 2.05) is 0 Å². The number of benzene rings is 2. The molecule has 5 heteroatoms. The van der Waals surface area contributed by atoms with E-state index < -0.39 is 15.8 Å². The minimum atomic E-state index is -3.78. The summed E-state index contributed by atoms with van der Waals surface area (Å²) in [6, 6.07) is 11.0. The highest BCUT2D eigenvalue weighted by Gasteiger charge is 2.16. The van der Waals surface area contributed by atoms with Crippen LogP contribution in [-0.4, -0.2) is 8.42 Å². The van der Waals surface area contributed by atoms with Crippen LogP contribution < -0.4 is 4.72 Å². The molecule has 0 aromatic heterocycles. The van der Waals surface area contributed by atoms with Crippen LogP contribution in [0, 0.1) is 12.7 Å². The van der Waals surface area contributed by atoms with Crippen molar-refractivity contribution in [1.29, 1.82) is 0 Å². The van der Waals surface area contributed by atoms with Crippen molar-refractivity contribution in [2.24, 2.45) is 0 Å². The molecule has 1 N–H and O–H groups in total. The monoisotopic (exact) mass is 321 g/mol. The predicted octanol–water partition coefficient (Wildman–Crippen LogP) is 4.28. The first-order valence-corrected chi connectivity index (χ1v) is 8.78. The molecule has 3 nitrogen and oxygen atoms in total. The maximum atomic E-state index is 13.7. The number of anilines is 1. The van der Waals surface area contributed by atoms with E-state index in [2.05, 4.69) is 11.6 Å². The molecule has 0 radical (unpaired) electrons. The summed E-state index contributed by atoms with van der Waals surface area (Å²) >= 11 is 0. The molecule has 0 aliphatic carbocycles. The minimum Gasteiger partial charge on any atom is -0.277 e. The number of sulfonamides is 1. The molecule has 0 spiro atoms. The van der Waals surface area contributed by atoms with Gasteiger partial charge < -0.3 is 0 Å². The highest BCUT2D eigenvalue weighted by atomic mass is 32.2. The molecule has 2 rings (SSSR count). The first-order valence-electron chi connectivity index (χ1n) is 7.30. The zero-order valence-electron chi connectivity index (χ0n) is 12.8. The smallest absolute Gasteiger partial charge is 0.261 e. The molecule has 0 unspecified atom stereocenters. The van der Waals surface area contributed by atoms with Crippen molar-refractivity contribution in [1.82, 2.24) is 0 Å². The van der Waals surface area contributed by atoms with E-state index >= 15 is 0 Å². The van der Waals surface area contributed by atoms with Crippen molar-refractivity contribution in [3.05, 3.63) is 59.4 Å². The molecule has 0 amide bonds. The number of halogens is 1. The van der Waals surface area contributed by atoms with E-state index in [1.165, 1.54) is 12.1 Å². The Balaban J connectivity index is 2.21. The van der Waals surface area contributed by atoms with Crippen LogP contribution in [0.15, 0.2) is 47.4 Å². The molecule has 2 aromatic rings. The van der Waals surface area contributed by atoms with Crippen LogP contribution >= 0.6 is 0 Å². The second-order valence-corrected chi connectivity index (χ2v) is 7.02. The molecule has 2 aromatic carbocycles. The van der Waals surface area contributed by atoms with E-state index in [4.69, 9.17) is 0 Å². The fraction of sp³-hybridized carbons (Fsp3) is 0.294. The fourth-order valence-corrected chi connectivity index (χ4v) is 3.20. The lowest BCUT2D eigenvalue weighted by Crippen LogP contribution is -2.14. The summed E-state index contributed by atoms with van der Waals surface area (Å²) in [6.45, 7) is 3.89. The van der Waals surface area contributed by atoms with Gasteiger partial charge in [0, 0.05) is 0 Å². The minimum absolute atomic E-state index is 0.0324. The third kappa shape index (κ3) is 4.07. The number of hydrogen-bond donors (Lipinski definition) is 1. The molecule has 0 fully saturated rings. The van der Waals surface area contributed by atoms with Crippen molar-refractivity contribution in [3.63, 3.8) is 0 Å². The van der Waals surface area contributed by atoms with E-state index in [1.54, 1.807) is 37.3 Å². The number of rotatable bonds is 6. The molecule has 118 valence electrons. The van der Waals surface area contributed by atoms with Gasteiger partial charge in [0.15, 0.2) is 0 Å². The lowest BCUT2D eigenvalue weighted by Gasteiger charge is -2.10. The van der Waals surface area contributed by atoms with Gasteiger partial charge in [0.1, 0.15) is 5.82 Å². The summed E-state index contributed by atoms with van der Waals surface area (Å²) in [7, 11) is -3.78. The summed E-state index contributed by atoms with van der Waals surface area (Å²) in [5, 5.41) is 0. The largest absolute Gasteiger partial charge is 0.277 e. The van der Waals surface area contributed by atoms with Gasteiger partial charge in [0.05, 0.1) is 10.6 Å². The van der Waals surface area contributed by atoms with Gasteiger partial charge in [-0.15, -0.1) is 0 Å². The predicted molar refractivity (Wildman–Crippen MR) is 87.0 cm³/mol. The van der Waals surface area contributed by atoms with Crippen LogP contribution in [0.5, 0.6) is 0 Å². The summed E-state index contributed by atoms with van der Waals surface area (Å²) in [5.74, 6) is -0.589. The molecule has 0 aliphatic heterocycles. The molecule has 0 saturated carbocycles. The fourth-order valence-electron chi connectivity index (χ4n) is 2.14. The first kappa shape index (κ1) is 16.5. The number of unbranched alkanes of at least 4 members (excludes halogenated alkanes) is 1. The lowest BCUT2D eigenvalue weighted by molar-refractivity contribution is 0.598. The molecule has 0 heterocycles. The van der Waals surface area contributed by atoms with Gasteiger partial charge in [-0.1, -0.05) is 31.5 Å². The van der Waals surface area contributed by atoms with Gasteiger partial charge in [-0.2, -0.15) is 0 Å². The van der Waals surface area contributed by atoms with Gasteiger partial charge in [-0.3, -0.25) is 4.72 Å². The maximum Gasteiger partial charge on any atom is 0.261 e. The van der Waals surface area contributed by atoms with Crippen LogP contribution in [0.3, 0.4) is 0 Å². The Labute approximate surface area is 131 Å². The quantitative estimate of drug-likeness (QED) is 0.863. The van der Waals surface area contributed by atoms with E-state index in [9.17, 15) is 12.8 Å². The van der Waals surface area contributed by atoms with E-state index in [0.29, 0.717) is 0 Å². The molecule has 0 saturated heterocycles. The van der Waals surface area contributed by atoms with Gasteiger partial charge in [-0.25, -0.2) is 12.8 Å². The molecular weight excluding hydrogens is 301 g/mol. The van der Waals surface area contributed by atoms with Gasteiger partial charge in [0.25, 0.3) is 10.0 Å². The van der Waals surface area contributed by atoms with Gasteiger partial charge in [0.2, 0.25) is 0 Å². The molecular formula is C17H20FNO2S. The van der Waals surface area contributed by atoms with Crippen LogP contribution in [0.4, 0.5) is 10.1 Å². The topological polar surface area (TPSA) is 46.2 Å². The summed E-state index contributed by atoms with van der Waals surface area (Å²) in [5.41, 5.74) is 1.85. The normalized spacial score (nSPS) is 11.4. The Bertz CT molecular complexity index is 740. The Morgan fingerprint density at radius 3 is 2.41 bits per heavy atom. The van der Waals surface area contributed by atoms with Crippen LogP contribution in [0.2, 0.25) is 0 Å². The zero-order chi connectivity index (χ0) is 16.2. The lowest BCUT2D eigenvalue weighted by atomic mass is 10.1. The zero-order valence-corrected chi connectivity index (χ0v) is 13.6. The summed E-state index contributed by atoms with van der Waals surface area (Å²) < 4.78 is 40.6. The average Bonchev–Trinajstić information content (AvgIpc) is 2.49. The van der Waals surface area contributed by atoms with Gasteiger partial charge in [-0.05, 0) is 55.2 Å². The van der Waals surface area contributed by atoms with Crippen LogP contribution in [-0.2, 0) is 16.4 Å². The van der Waals surface area contributed by atoms with E-state index in [-0.39, 0.29) is 10.6 Å². The Hall–Kier alpha value is -1.88. The third-order valence-corrected chi connectivity index (χ3v) is 4.80. The Kier molecular flexibility index (Phi) is 5.19. The maximum absolute atomic E-state index is 13.7. The number of aryl methyl sites for hydroxylation is 2. The summed E-state index contributed by atoms with van der Waals surface area (Å²) in [4.78, 5) is 0.133. The van der Waals surface area contributed by atoms with Crippen molar-refractivity contribution >= 4 is 15.7 Å². The SMILES string of the molecule is CCCCc1ccc(S(=O)(=O)Nc2cc(C)ccc2F)cc1. The van der Waals surface area contributed by atoms with Crippen molar-refractivity contribution in [3.8, 4) is 0 Å². The highest BCUT2D eigenvalue weighted by molar-refractivity contribution is 7.92.